The van der Waals surface area contributed by atoms with E-state index in [1.54, 1.807) is 36.3 Å². The second-order valence-electron chi connectivity index (χ2n) is 8.02. The Bertz CT molecular complexity index is 1230. The van der Waals surface area contributed by atoms with Crippen molar-refractivity contribution in [2.45, 2.75) is 18.6 Å². The SMILES string of the molecule is COc1cc2c(cc1OC)C(COc1cccc(C(F)(F)F)c1)N(C(=O)c1cccc(Br)c1)CC2. The molecule has 1 heterocycles. The van der Waals surface area contributed by atoms with E-state index in [2.05, 4.69) is 15.9 Å². The molecule has 3 aromatic rings. The molecular formula is C26H23BrF3NO4. The van der Waals surface area contributed by atoms with E-state index >= 15 is 0 Å². The Hall–Kier alpha value is -3.20. The molecule has 0 N–H and O–H groups in total. The van der Waals surface area contributed by atoms with Crippen LogP contribution in [0.3, 0.4) is 0 Å². The summed E-state index contributed by atoms with van der Waals surface area (Å²) in [5.74, 6) is 0.925. The number of hydrogen-bond donors (Lipinski definition) is 0. The van der Waals surface area contributed by atoms with Crippen LogP contribution in [0.1, 0.15) is 33.1 Å². The monoisotopic (exact) mass is 549 g/mol. The lowest BCUT2D eigenvalue weighted by Crippen LogP contribution is -2.42. The quantitative estimate of drug-likeness (QED) is 0.362. The van der Waals surface area contributed by atoms with Crippen molar-refractivity contribution in [3.05, 3.63) is 87.4 Å². The van der Waals surface area contributed by atoms with Gasteiger partial charge < -0.3 is 19.1 Å². The van der Waals surface area contributed by atoms with Crippen molar-refractivity contribution in [3.8, 4) is 17.2 Å². The number of amides is 1. The summed E-state index contributed by atoms with van der Waals surface area (Å²) in [6.07, 6.45) is -3.90. The molecule has 0 aliphatic carbocycles. The van der Waals surface area contributed by atoms with Gasteiger partial charge in [0.15, 0.2) is 11.5 Å². The minimum atomic E-state index is -4.48. The molecule has 35 heavy (non-hydrogen) atoms. The highest BCUT2D eigenvalue weighted by Crippen LogP contribution is 2.39. The summed E-state index contributed by atoms with van der Waals surface area (Å²) in [6, 6.07) is 14.9. The van der Waals surface area contributed by atoms with Crippen LogP contribution in [-0.4, -0.2) is 38.2 Å². The molecule has 0 aromatic heterocycles. The van der Waals surface area contributed by atoms with Crippen LogP contribution in [0, 0.1) is 0 Å². The van der Waals surface area contributed by atoms with Crippen LogP contribution in [0.4, 0.5) is 13.2 Å². The molecule has 1 aliphatic heterocycles. The first kappa shape index (κ1) is 24.9. The normalized spacial score (nSPS) is 15.4. The Morgan fingerprint density at radius 1 is 1.03 bits per heavy atom. The van der Waals surface area contributed by atoms with E-state index in [9.17, 15) is 18.0 Å². The van der Waals surface area contributed by atoms with E-state index in [4.69, 9.17) is 14.2 Å². The van der Waals surface area contributed by atoms with E-state index < -0.39 is 17.8 Å². The zero-order valence-electron chi connectivity index (χ0n) is 19.1. The fraction of sp³-hybridized carbons (Fsp3) is 0.269. The van der Waals surface area contributed by atoms with Gasteiger partial charge in [-0.3, -0.25) is 4.79 Å². The molecule has 0 spiro atoms. The van der Waals surface area contributed by atoms with Crippen LogP contribution in [0.25, 0.3) is 0 Å². The molecule has 9 heteroatoms. The van der Waals surface area contributed by atoms with E-state index in [-0.39, 0.29) is 18.3 Å². The van der Waals surface area contributed by atoms with Gasteiger partial charge in [0.05, 0.1) is 25.8 Å². The van der Waals surface area contributed by atoms with Crippen LogP contribution in [0.5, 0.6) is 17.2 Å². The van der Waals surface area contributed by atoms with Gasteiger partial charge in [0.25, 0.3) is 5.91 Å². The number of carbonyl (C=O) groups is 1. The average Bonchev–Trinajstić information content (AvgIpc) is 2.85. The Morgan fingerprint density at radius 3 is 2.43 bits per heavy atom. The van der Waals surface area contributed by atoms with Crippen LogP contribution < -0.4 is 14.2 Å². The molecule has 4 rings (SSSR count). The molecule has 0 fully saturated rings. The summed E-state index contributed by atoms with van der Waals surface area (Å²) >= 11 is 3.40. The lowest BCUT2D eigenvalue weighted by atomic mass is 9.91. The highest BCUT2D eigenvalue weighted by molar-refractivity contribution is 9.10. The summed E-state index contributed by atoms with van der Waals surface area (Å²) in [7, 11) is 3.07. The summed E-state index contributed by atoms with van der Waals surface area (Å²) < 4.78 is 57.0. The molecule has 1 aliphatic rings. The Balaban J connectivity index is 1.70. The predicted octanol–water partition coefficient (Wildman–Crippen LogP) is 6.30. The fourth-order valence-electron chi connectivity index (χ4n) is 4.18. The lowest BCUT2D eigenvalue weighted by Gasteiger charge is -2.37. The summed E-state index contributed by atoms with van der Waals surface area (Å²) in [5.41, 5.74) is 1.45. The van der Waals surface area contributed by atoms with Gasteiger partial charge in [-0.15, -0.1) is 0 Å². The lowest BCUT2D eigenvalue weighted by molar-refractivity contribution is -0.137. The van der Waals surface area contributed by atoms with Crippen LogP contribution in [0.2, 0.25) is 0 Å². The minimum absolute atomic E-state index is 0.0382. The maximum atomic E-state index is 13.5. The number of halogens is 4. The first-order chi connectivity index (χ1) is 16.7. The first-order valence-electron chi connectivity index (χ1n) is 10.8. The summed E-state index contributed by atoms with van der Waals surface area (Å²) in [6.45, 7) is 0.369. The Morgan fingerprint density at radius 2 is 1.74 bits per heavy atom. The van der Waals surface area contributed by atoms with Gasteiger partial charge in [-0.25, -0.2) is 0 Å². The number of methoxy groups -OCH3 is 2. The third kappa shape index (κ3) is 5.40. The third-order valence-corrected chi connectivity index (χ3v) is 6.40. The number of fused-ring (bicyclic) bond motifs is 1. The van der Waals surface area contributed by atoms with E-state index in [0.717, 1.165) is 27.7 Å². The zero-order chi connectivity index (χ0) is 25.2. The number of rotatable bonds is 6. The van der Waals surface area contributed by atoms with E-state index in [0.29, 0.717) is 30.0 Å². The highest BCUT2D eigenvalue weighted by Gasteiger charge is 2.34. The van der Waals surface area contributed by atoms with Crippen molar-refractivity contribution in [2.75, 3.05) is 27.4 Å². The molecular weight excluding hydrogens is 527 g/mol. The Kier molecular flexibility index (Phi) is 7.25. The van der Waals surface area contributed by atoms with Crippen molar-refractivity contribution in [3.63, 3.8) is 0 Å². The highest BCUT2D eigenvalue weighted by atomic mass is 79.9. The van der Waals surface area contributed by atoms with Gasteiger partial charge in [0.2, 0.25) is 0 Å². The topological polar surface area (TPSA) is 48.0 Å². The first-order valence-corrected chi connectivity index (χ1v) is 11.6. The molecule has 0 radical (unpaired) electrons. The second-order valence-corrected chi connectivity index (χ2v) is 8.93. The van der Waals surface area contributed by atoms with Crippen LogP contribution >= 0.6 is 15.9 Å². The number of alkyl halides is 3. The van der Waals surface area contributed by atoms with Gasteiger partial charge in [-0.1, -0.05) is 28.1 Å². The second kappa shape index (κ2) is 10.2. The van der Waals surface area contributed by atoms with Gasteiger partial charge in [0.1, 0.15) is 12.4 Å². The molecule has 1 amide bonds. The number of hydrogen-bond acceptors (Lipinski definition) is 4. The maximum absolute atomic E-state index is 13.5. The molecule has 0 bridgehead atoms. The summed E-state index contributed by atoms with van der Waals surface area (Å²) in [4.78, 5) is 15.2. The molecule has 0 saturated heterocycles. The maximum Gasteiger partial charge on any atom is 0.416 e. The van der Waals surface area contributed by atoms with Gasteiger partial charge in [-0.05, 0) is 66.1 Å². The van der Waals surface area contributed by atoms with Crippen LogP contribution in [0.15, 0.2) is 65.1 Å². The van der Waals surface area contributed by atoms with Crippen molar-refractivity contribution in [1.82, 2.24) is 4.90 Å². The van der Waals surface area contributed by atoms with Crippen molar-refractivity contribution in [1.29, 1.82) is 0 Å². The fourth-order valence-corrected chi connectivity index (χ4v) is 4.57. The third-order valence-electron chi connectivity index (χ3n) is 5.90. The van der Waals surface area contributed by atoms with Crippen molar-refractivity contribution < 1.29 is 32.2 Å². The number of nitrogens with zero attached hydrogens (tertiary/aromatic N) is 1. The smallest absolute Gasteiger partial charge is 0.416 e. The van der Waals surface area contributed by atoms with Gasteiger partial charge in [0, 0.05) is 16.6 Å². The van der Waals surface area contributed by atoms with E-state index in [1.807, 2.05) is 12.1 Å². The largest absolute Gasteiger partial charge is 0.493 e. The molecule has 1 unspecified atom stereocenters. The molecule has 1 atom stereocenters. The number of ether oxygens (including phenoxy) is 3. The minimum Gasteiger partial charge on any atom is -0.493 e. The number of benzene rings is 3. The van der Waals surface area contributed by atoms with E-state index in [1.165, 1.54) is 19.2 Å². The van der Waals surface area contributed by atoms with Gasteiger partial charge in [-0.2, -0.15) is 13.2 Å². The molecule has 184 valence electrons. The van der Waals surface area contributed by atoms with Gasteiger partial charge >= 0.3 is 6.18 Å². The Labute approximate surface area is 209 Å². The zero-order valence-corrected chi connectivity index (χ0v) is 20.7. The van der Waals surface area contributed by atoms with Crippen LogP contribution in [-0.2, 0) is 12.6 Å². The molecule has 0 saturated carbocycles. The predicted molar refractivity (Wildman–Crippen MR) is 128 cm³/mol. The average molecular weight is 550 g/mol. The molecule has 3 aromatic carbocycles. The summed E-state index contributed by atoms with van der Waals surface area (Å²) in [5, 5.41) is 0. The molecule has 5 nitrogen and oxygen atoms in total. The van der Waals surface area contributed by atoms with Crippen molar-refractivity contribution in [2.24, 2.45) is 0 Å². The number of carbonyl (C=O) groups excluding carboxylic acids is 1. The van der Waals surface area contributed by atoms with Crippen molar-refractivity contribution >= 4 is 21.8 Å². The standard InChI is InChI=1S/C26H23BrF3NO4/c1-33-23-12-16-9-10-31(25(32)17-5-3-7-19(27)11-17)22(21(16)14-24(23)34-2)15-35-20-8-4-6-18(13-20)26(28,29)30/h3-8,11-14,22H,9-10,15H2,1-2H3.